The molecule has 3 rings (SSSR count). The van der Waals surface area contributed by atoms with Crippen molar-refractivity contribution in [1.29, 1.82) is 0 Å². The molecule has 1 heterocycles. The molecule has 0 aliphatic carbocycles. The zero-order chi connectivity index (χ0) is 20.1. The van der Waals surface area contributed by atoms with Crippen LogP contribution in [-0.2, 0) is 4.79 Å². The van der Waals surface area contributed by atoms with Crippen LogP contribution in [0.25, 0.3) is 0 Å². The average molecular weight is 376 g/mol. The molecule has 5 nitrogen and oxygen atoms in total. The van der Waals surface area contributed by atoms with Crippen LogP contribution in [0.4, 0.5) is 0 Å². The van der Waals surface area contributed by atoms with Gasteiger partial charge in [-0.15, -0.1) is 0 Å². The third kappa shape index (κ3) is 4.49. The second-order valence-electron chi connectivity index (χ2n) is 6.89. The van der Waals surface area contributed by atoms with Gasteiger partial charge < -0.3 is 14.6 Å². The topological polar surface area (TPSA) is 62.6 Å². The quantitative estimate of drug-likeness (QED) is 0.710. The number of aryl methyl sites for hydroxylation is 2. The number of rotatable bonds is 6. The molecule has 0 spiro atoms. The number of carbonyl (C=O) groups is 2. The molecular weight excluding hydrogens is 352 g/mol. The van der Waals surface area contributed by atoms with Gasteiger partial charge in [-0.1, -0.05) is 48.5 Å². The molecular formula is C23H24N2O3. The van der Waals surface area contributed by atoms with E-state index in [1.807, 2.05) is 36.4 Å². The fraction of sp³-hybridized carbons (Fsp3) is 0.217. The predicted molar refractivity (Wildman–Crippen MR) is 108 cm³/mol. The molecule has 1 atom stereocenters. The first-order valence-electron chi connectivity index (χ1n) is 9.16. The summed E-state index contributed by atoms with van der Waals surface area (Å²) in [6.45, 7) is 4.05. The first kappa shape index (κ1) is 19.4. The van der Waals surface area contributed by atoms with E-state index in [9.17, 15) is 9.59 Å². The fourth-order valence-electron chi connectivity index (χ4n) is 3.03. The highest BCUT2D eigenvalue weighted by Gasteiger charge is 2.21. The third-order valence-corrected chi connectivity index (χ3v) is 4.76. The SMILES string of the molecule is Cc1ccc([C@H](NC(=O)CN(C)C(=O)c2ccco2)c2ccccc2)cc1C. The molecule has 1 N–H and O–H groups in total. The monoisotopic (exact) mass is 376 g/mol. The molecule has 1 aromatic heterocycles. The maximum atomic E-state index is 12.7. The van der Waals surface area contributed by atoms with Crippen LogP contribution in [0.1, 0.15) is 38.9 Å². The first-order valence-corrected chi connectivity index (χ1v) is 9.16. The number of hydrogen-bond donors (Lipinski definition) is 1. The summed E-state index contributed by atoms with van der Waals surface area (Å²) in [4.78, 5) is 26.3. The Morgan fingerprint density at radius 1 is 0.964 bits per heavy atom. The van der Waals surface area contributed by atoms with Crippen LogP contribution in [0.3, 0.4) is 0 Å². The van der Waals surface area contributed by atoms with Crippen molar-refractivity contribution in [3.8, 4) is 0 Å². The van der Waals surface area contributed by atoms with Crippen LogP contribution in [0, 0.1) is 13.8 Å². The van der Waals surface area contributed by atoms with Crippen LogP contribution in [-0.4, -0.2) is 30.3 Å². The number of furan rings is 1. The minimum absolute atomic E-state index is 0.0618. The Bertz CT molecular complexity index is 949. The molecule has 0 saturated heterocycles. The number of nitrogens with one attached hydrogen (secondary N) is 1. The van der Waals surface area contributed by atoms with Crippen molar-refractivity contribution in [3.63, 3.8) is 0 Å². The molecule has 5 heteroatoms. The highest BCUT2D eigenvalue weighted by atomic mass is 16.3. The highest BCUT2D eigenvalue weighted by molar-refractivity contribution is 5.94. The standard InChI is InChI=1S/C23H24N2O3/c1-16-11-12-19(14-17(16)2)22(18-8-5-4-6-9-18)24-21(26)15-25(3)23(27)20-10-7-13-28-20/h4-14,22H,15H2,1-3H3,(H,24,26)/t22-/m1/s1. The smallest absolute Gasteiger partial charge is 0.289 e. The van der Waals surface area contributed by atoms with Gasteiger partial charge in [-0.25, -0.2) is 0 Å². The average Bonchev–Trinajstić information content (AvgIpc) is 3.23. The van der Waals surface area contributed by atoms with Gasteiger partial charge in [0.2, 0.25) is 5.91 Å². The molecule has 2 aromatic carbocycles. The fourth-order valence-corrected chi connectivity index (χ4v) is 3.03. The van der Waals surface area contributed by atoms with E-state index in [2.05, 4.69) is 31.3 Å². The zero-order valence-corrected chi connectivity index (χ0v) is 16.3. The summed E-state index contributed by atoms with van der Waals surface area (Å²) in [5.74, 6) is -0.360. The lowest BCUT2D eigenvalue weighted by Crippen LogP contribution is -2.40. The van der Waals surface area contributed by atoms with Gasteiger partial charge in [0.15, 0.2) is 5.76 Å². The van der Waals surface area contributed by atoms with E-state index in [1.165, 1.54) is 16.7 Å². The van der Waals surface area contributed by atoms with Crippen molar-refractivity contribution < 1.29 is 14.0 Å². The number of carbonyl (C=O) groups excluding carboxylic acids is 2. The van der Waals surface area contributed by atoms with Crippen molar-refractivity contribution in [2.45, 2.75) is 19.9 Å². The van der Waals surface area contributed by atoms with Crippen molar-refractivity contribution >= 4 is 11.8 Å². The molecule has 0 aliphatic heterocycles. The second kappa shape index (κ2) is 8.57. The van der Waals surface area contributed by atoms with Gasteiger partial charge in [-0.05, 0) is 48.2 Å². The molecule has 144 valence electrons. The van der Waals surface area contributed by atoms with Gasteiger partial charge in [-0.3, -0.25) is 9.59 Å². The lowest BCUT2D eigenvalue weighted by atomic mass is 9.95. The molecule has 3 aromatic rings. The van der Waals surface area contributed by atoms with Crippen molar-refractivity contribution in [2.24, 2.45) is 0 Å². The van der Waals surface area contributed by atoms with E-state index in [4.69, 9.17) is 4.42 Å². The highest BCUT2D eigenvalue weighted by Crippen LogP contribution is 2.24. The minimum Gasteiger partial charge on any atom is -0.459 e. The van der Waals surface area contributed by atoms with Crippen molar-refractivity contribution in [1.82, 2.24) is 10.2 Å². The van der Waals surface area contributed by atoms with E-state index in [-0.39, 0.29) is 30.2 Å². The lowest BCUT2D eigenvalue weighted by molar-refractivity contribution is -0.122. The van der Waals surface area contributed by atoms with Crippen molar-refractivity contribution in [3.05, 3.63) is 94.9 Å². The van der Waals surface area contributed by atoms with Crippen LogP contribution in [0.5, 0.6) is 0 Å². The summed E-state index contributed by atoms with van der Waals surface area (Å²) in [7, 11) is 1.58. The van der Waals surface area contributed by atoms with E-state index in [0.717, 1.165) is 16.7 Å². The van der Waals surface area contributed by atoms with Gasteiger partial charge in [0, 0.05) is 7.05 Å². The van der Waals surface area contributed by atoms with Gasteiger partial charge >= 0.3 is 0 Å². The number of nitrogens with zero attached hydrogens (tertiary/aromatic N) is 1. The van der Waals surface area contributed by atoms with Gasteiger partial charge in [0.05, 0.1) is 18.8 Å². The van der Waals surface area contributed by atoms with E-state index < -0.39 is 0 Å². The Hall–Kier alpha value is -3.34. The van der Waals surface area contributed by atoms with E-state index in [1.54, 1.807) is 19.2 Å². The molecule has 0 bridgehead atoms. The molecule has 28 heavy (non-hydrogen) atoms. The van der Waals surface area contributed by atoms with Gasteiger partial charge in [0.25, 0.3) is 5.91 Å². The lowest BCUT2D eigenvalue weighted by Gasteiger charge is -2.23. The van der Waals surface area contributed by atoms with Gasteiger partial charge in [-0.2, -0.15) is 0 Å². The maximum Gasteiger partial charge on any atom is 0.289 e. The Balaban J connectivity index is 1.78. The van der Waals surface area contributed by atoms with Crippen LogP contribution in [0.15, 0.2) is 71.3 Å². The predicted octanol–water partition coefficient (Wildman–Crippen LogP) is 3.87. The molecule has 0 aliphatic rings. The summed E-state index contributed by atoms with van der Waals surface area (Å²) in [6.07, 6.45) is 1.44. The van der Waals surface area contributed by atoms with Crippen molar-refractivity contribution in [2.75, 3.05) is 13.6 Å². The molecule has 0 radical (unpaired) electrons. The van der Waals surface area contributed by atoms with Gasteiger partial charge in [0.1, 0.15) is 0 Å². The minimum atomic E-state index is -0.331. The second-order valence-corrected chi connectivity index (χ2v) is 6.89. The zero-order valence-electron chi connectivity index (χ0n) is 16.3. The summed E-state index contributed by atoms with van der Waals surface area (Å²) >= 11 is 0. The summed E-state index contributed by atoms with van der Waals surface area (Å²) in [6, 6.07) is 18.9. The third-order valence-electron chi connectivity index (χ3n) is 4.76. The van der Waals surface area contributed by atoms with Crippen LogP contribution < -0.4 is 5.32 Å². The molecule has 0 fully saturated rings. The normalized spacial score (nSPS) is 11.7. The van der Waals surface area contributed by atoms with Crippen LogP contribution >= 0.6 is 0 Å². The molecule has 0 unspecified atom stereocenters. The number of amides is 2. The Morgan fingerprint density at radius 3 is 2.36 bits per heavy atom. The summed E-state index contributed by atoms with van der Waals surface area (Å²) in [5.41, 5.74) is 4.35. The van der Waals surface area contributed by atoms with Crippen LogP contribution in [0.2, 0.25) is 0 Å². The maximum absolute atomic E-state index is 12.7. The number of hydrogen-bond acceptors (Lipinski definition) is 3. The Labute approximate surface area is 165 Å². The molecule has 0 saturated carbocycles. The van der Waals surface area contributed by atoms with E-state index >= 15 is 0 Å². The largest absolute Gasteiger partial charge is 0.459 e. The summed E-state index contributed by atoms with van der Waals surface area (Å²) in [5, 5.41) is 3.06. The number of likely N-dealkylation sites (N-methyl/N-ethyl adjacent to an activating group) is 1. The van der Waals surface area contributed by atoms with E-state index in [0.29, 0.717) is 0 Å². The summed E-state index contributed by atoms with van der Waals surface area (Å²) < 4.78 is 5.12. The number of benzene rings is 2. The first-order chi connectivity index (χ1) is 13.5. The molecule has 2 amide bonds. The Morgan fingerprint density at radius 2 is 1.71 bits per heavy atom. The Kier molecular flexibility index (Phi) is 5.94.